The molecule has 3 N–H and O–H groups in total. The number of carbonyl (C=O) groups excluding carboxylic acids is 1. The van der Waals surface area contributed by atoms with Gasteiger partial charge in [0.1, 0.15) is 0 Å². The smallest absolute Gasteiger partial charge is 0.368 e. The number of alkyl halides is 3. The molecule has 0 aliphatic carbocycles. The number of carbonyl (C=O) groups is 1. The van der Waals surface area contributed by atoms with E-state index in [4.69, 9.17) is 5.73 Å². The molecular formula is C7H13F3N2O. The zero-order valence-electron chi connectivity index (χ0n) is 7.32. The average Bonchev–Trinajstić information content (AvgIpc) is 1.95. The molecule has 0 aliphatic rings. The number of nitrogens with one attached hydrogen (secondary N) is 1. The monoisotopic (exact) mass is 198 g/mol. The molecular weight excluding hydrogens is 185 g/mol. The summed E-state index contributed by atoms with van der Waals surface area (Å²) in [6.45, 7) is 2.12. The van der Waals surface area contributed by atoms with E-state index in [1.165, 1.54) is 0 Å². The topological polar surface area (TPSA) is 55.1 Å². The van der Waals surface area contributed by atoms with Crippen LogP contribution < -0.4 is 11.1 Å². The van der Waals surface area contributed by atoms with E-state index in [2.05, 4.69) is 5.32 Å². The lowest BCUT2D eigenvalue weighted by atomic mass is 10.1. The third kappa shape index (κ3) is 6.39. The third-order valence-corrected chi connectivity index (χ3v) is 1.51. The van der Waals surface area contributed by atoms with Crippen molar-refractivity contribution >= 4 is 5.91 Å². The number of nitrogens with two attached hydrogens (primary N) is 1. The molecule has 78 valence electrons. The molecule has 0 aromatic carbocycles. The van der Waals surface area contributed by atoms with Crippen LogP contribution in [0.1, 0.15) is 19.8 Å². The van der Waals surface area contributed by atoms with Gasteiger partial charge in [-0.1, -0.05) is 6.92 Å². The highest BCUT2D eigenvalue weighted by atomic mass is 19.4. The maximum atomic E-state index is 11.7. The lowest BCUT2D eigenvalue weighted by Gasteiger charge is -2.14. The van der Waals surface area contributed by atoms with Gasteiger partial charge in [-0.25, -0.2) is 0 Å². The summed E-state index contributed by atoms with van der Waals surface area (Å²) in [6.07, 6.45) is -5.52. The van der Waals surface area contributed by atoms with Gasteiger partial charge in [-0.3, -0.25) is 4.79 Å². The molecule has 0 aromatic heterocycles. The Bertz CT molecular complexity index is 170. The van der Waals surface area contributed by atoms with Crippen LogP contribution in [0, 0.1) is 0 Å². The molecule has 6 heteroatoms. The van der Waals surface area contributed by atoms with Crippen LogP contribution in [-0.2, 0) is 4.79 Å². The Morgan fingerprint density at radius 2 is 2.08 bits per heavy atom. The van der Waals surface area contributed by atoms with Crippen molar-refractivity contribution in [1.29, 1.82) is 0 Å². The molecule has 13 heavy (non-hydrogen) atoms. The zero-order chi connectivity index (χ0) is 10.5. The van der Waals surface area contributed by atoms with E-state index in [-0.39, 0.29) is 6.42 Å². The van der Waals surface area contributed by atoms with Gasteiger partial charge in [-0.15, -0.1) is 0 Å². The second-order valence-electron chi connectivity index (χ2n) is 2.67. The van der Waals surface area contributed by atoms with Crippen molar-refractivity contribution in [3.8, 4) is 0 Å². The lowest BCUT2D eigenvalue weighted by Crippen LogP contribution is -2.41. The fourth-order valence-corrected chi connectivity index (χ4v) is 0.899. The highest BCUT2D eigenvalue weighted by Crippen LogP contribution is 2.22. The summed E-state index contributed by atoms with van der Waals surface area (Å²) in [7, 11) is 0. The Kier molecular flexibility index (Phi) is 4.76. The number of hydrogen-bond donors (Lipinski definition) is 2. The highest BCUT2D eigenvalue weighted by Gasteiger charge is 2.29. The summed E-state index contributed by atoms with van der Waals surface area (Å²) >= 11 is 0. The van der Waals surface area contributed by atoms with E-state index in [9.17, 15) is 18.0 Å². The molecule has 0 fully saturated rings. The van der Waals surface area contributed by atoms with Crippen molar-refractivity contribution in [3.63, 3.8) is 0 Å². The SMILES string of the molecule is CCNC(CCC(F)(F)F)C(N)=O. The molecule has 0 spiro atoms. The first kappa shape index (κ1) is 12.2. The molecule has 0 aliphatic heterocycles. The number of rotatable bonds is 5. The summed E-state index contributed by atoms with van der Waals surface area (Å²) in [5, 5.41) is 2.58. The van der Waals surface area contributed by atoms with E-state index in [1.807, 2.05) is 0 Å². The van der Waals surface area contributed by atoms with Crippen molar-refractivity contribution in [2.75, 3.05) is 6.54 Å². The van der Waals surface area contributed by atoms with Crippen LogP contribution in [-0.4, -0.2) is 24.7 Å². The Balaban J connectivity index is 3.90. The predicted molar refractivity (Wildman–Crippen MR) is 41.9 cm³/mol. The summed E-state index contributed by atoms with van der Waals surface area (Å²) in [5.74, 6) is -0.744. The second kappa shape index (κ2) is 5.06. The minimum atomic E-state index is -4.23. The first-order valence-electron chi connectivity index (χ1n) is 3.96. The fraction of sp³-hybridized carbons (Fsp3) is 0.857. The average molecular weight is 198 g/mol. The van der Waals surface area contributed by atoms with Crippen molar-refractivity contribution < 1.29 is 18.0 Å². The largest absolute Gasteiger partial charge is 0.389 e. The fourth-order valence-electron chi connectivity index (χ4n) is 0.899. The van der Waals surface area contributed by atoms with Crippen molar-refractivity contribution in [1.82, 2.24) is 5.32 Å². The van der Waals surface area contributed by atoms with Crippen molar-refractivity contribution in [3.05, 3.63) is 0 Å². The van der Waals surface area contributed by atoms with Crippen molar-refractivity contribution in [2.24, 2.45) is 5.73 Å². The van der Waals surface area contributed by atoms with Gasteiger partial charge >= 0.3 is 6.18 Å². The third-order valence-electron chi connectivity index (χ3n) is 1.51. The van der Waals surface area contributed by atoms with Gasteiger partial charge in [0, 0.05) is 6.42 Å². The van der Waals surface area contributed by atoms with E-state index >= 15 is 0 Å². The molecule has 0 heterocycles. The Hall–Kier alpha value is -0.780. The maximum Gasteiger partial charge on any atom is 0.389 e. The Morgan fingerprint density at radius 3 is 2.38 bits per heavy atom. The number of hydrogen-bond acceptors (Lipinski definition) is 2. The van der Waals surface area contributed by atoms with E-state index in [0.29, 0.717) is 6.54 Å². The van der Waals surface area contributed by atoms with E-state index in [1.54, 1.807) is 6.92 Å². The number of primary amides is 1. The van der Waals surface area contributed by atoms with Gasteiger partial charge in [-0.2, -0.15) is 13.2 Å². The molecule has 0 saturated heterocycles. The first-order valence-corrected chi connectivity index (χ1v) is 3.96. The molecule has 0 aromatic rings. The second-order valence-corrected chi connectivity index (χ2v) is 2.67. The molecule has 3 nitrogen and oxygen atoms in total. The summed E-state index contributed by atoms with van der Waals surface area (Å²) in [5.41, 5.74) is 4.88. The molecule has 1 atom stereocenters. The van der Waals surface area contributed by atoms with E-state index < -0.39 is 24.5 Å². The van der Waals surface area contributed by atoms with E-state index in [0.717, 1.165) is 0 Å². The number of halogens is 3. The normalized spacial score (nSPS) is 14.2. The maximum absolute atomic E-state index is 11.7. The number of likely N-dealkylation sites (N-methyl/N-ethyl adjacent to an activating group) is 1. The van der Waals surface area contributed by atoms with Gasteiger partial charge < -0.3 is 11.1 Å². The molecule has 0 bridgehead atoms. The van der Waals surface area contributed by atoms with Crippen LogP contribution in [0.3, 0.4) is 0 Å². The molecule has 1 unspecified atom stereocenters. The Morgan fingerprint density at radius 1 is 1.54 bits per heavy atom. The molecule has 0 radical (unpaired) electrons. The van der Waals surface area contributed by atoms with Crippen LogP contribution >= 0.6 is 0 Å². The van der Waals surface area contributed by atoms with Crippen molar-refractivity contribution in [2.45, 2.75) is 32.0 Å². The molecule has 0 rings (SSSR count). The van der Waals surface area contributed by atoms with Crippen LogP contribution in [0.25, 0.3) is 0 Å². The lowest BCUT2D eigenvalue weighted by molar-refractivity contribution is -0.138. The summed E-state index contributed by atoms with van der Waals surface area (Å²) in [6, 6.07) is -0.883. The zero-order valence-corrected chi connectivity index (χ0v) is 7.32. The van der Waals surface area contributed by atoms with Gasteiger partial charge in [-0.05, 0) is 13.0 Å². The first-order chi connectivity index (χ1) is 5.87. The standard InChI is InChI=1S/C7H13F3N2O/c1-2-12-5(6(11)13)3-4-7(8,9)10/h5,12H,2-4H2,1H3,(H2,11,13). The van der Waals surface area contributed by atoms with Gasteiger partial charge in [0.15, 0.2) is 0 Å². The highest BCUT2D eigenvalue weighted by molar-refractivity contribution is 5.79. The predicted octanol–water partition coefficient (Wildman–Crippen LogP) is 0.792. The summed E-state index contributed by atoms with van der Waals surface area (Å²) < 4.78 is 35.2. The Labute approximate surface area is 74.5 Å². The van der Waals surface area contributed by atoms with Gasteiger partial charge in [0.05, 0.1) is 6.04 Å². The minimum absolute atomic E-state index is 0.299. The van der Waals surface area contributed by atoms with Crippen LogP contribution in [0.2, 0.25) is 0 Å². The molecule has 1 amide bonds. The minimum Gasteiger partial charge on any atom is -0.368 e. The van der Waals surface area contributed by atoms with Crippen LogP contribution in [0.4, 0.5) is 13.2 Å². The summed E-state index contributed by atoms with van der Waals surface area (Å²) in [4.78, 5) is 10.6. The van der Waals surface area contributed by atoms with Crippen LogP contribution in [0.5, 0.6) is 0 Å². The quantitative estimate of drug-likeness (QED) is 0.686. The van der Waals surface area contributed by atoms with Crippen LogP contribution in [0.15, 0.2) is 0 Å². The van der Waals surface area contributed by atoms with Gasteiger partial charge in [0.2, 0.25) is 5.91 Å². The molecule has 0 saturated carbocycles. The number of amides is 1. The van der Waals surface area contributed by atoms with Gasteiger partial charge in [0.25, 0.3) is 0 Å².